The minimum Gasteiger partial charge on any atom is -0.308 e. The second kappa shape index (κ2) is 15.2. The molecule has 3 heterocycles. The number of rotatable bonds is 7. The Morgan fingerprint density at radius 3 is 1.00 bits per heavy atom. The van der Waals surface area contributed by atoms with Gasteiger partial charge < -0.3 is 9.13 Å². The van der Waals surface area contributed by atoms with Gasteiger partial charge in [0.05, 0.1) is 44.6 Å². The van der Waals surface area contributed by atoms with E-state index in [-0.39, 0.29) is 0 Å². The molecule has 3 aromatic heterocycles. The molecule has 0 radical (unpaired) electrons. The lowest BCUT2D eigenvalue weighted by Crippen LogP contribution is -2.12. The van der Waals surface area contributed by atoms with E-state index in [1.165, 1.54) is 0 Å². The van der Waals surface area contributed by atoms with Crippen LogP contribution in [0.15, 0.2) is 218 Å². The topological polar surface area (TPSA) is 72.3 Å². The van der Waals surface area contributed by atoms with E-state index < -0.39 is 0 Å². The number of aromatic nitrogens is 5. The summed E-state index contributed by atoms with van der Waals surface area (Å²) in [4.78, 5) is 16.1. The van der Waals surface area contributed by atoms with Crippen LogP contribution < -0.4 is 0 Å². The van der Waals surface area contributed by atoms with Gasteiger partial charge in [0.15, 0.2) is 17.5 Å². The van der Waals surface area contributed by atoms with Gasteiger partial charge in [0.2, 0.25) is 0 Å². The minimum atomic E-state index is 0.450. The molecule has 0 aliphatic rings. The van der Waals surface area contributed by atoms with Crippen LogP contribution in [-0.2, 0) is 0 Å². The average molecular weight is 817 g/mol. The van der Waals surface area contributed by atoms with Gasteiger partial charge in [-0.2, -0.15) is 5.26 Å². The van der Waals surface area contributed by atoms with E-state index >= 15 is 0 Å². The van der Waals surface area contributed by atoms with Crippen LogP contribution in [0.5, 0.6) is 0 Å². The van der Waals surface area contributed by atoms with Crippen molar-refractivity contribution in [2.45, 2.75) is 0 Å². The van der Waals surface area contributed by atoms with Gasteiger partial charge in [-0.1, -0.05) is 194 Å². The van der Waals surface area contributed by atoms with Crippen LogP contribution in [0.3, 0.4) is 0 Å². The normalized spacial score (nSPS) is 11.4. The number of hydrogen-bond donors (Lipinski definition) is 0. The lowest BCUT2D eigenvalue weighted by atomic mass is 9.85. The summed E-state index contributed by atoms with van der Waals surface area (Å²) in [6.45, 7) is 0. The van der Waals surface area contributed by atoms with Gasteiger partial charge in [0.25, 0.3) is 0 Å². The number of nitrogens with zero attached hydrogens (tertiary/aromatic N) is 6. The third-order valence-corrected chi connectivity index (χ3v) is 12.2. The van der Waals surface area contributed by atoms with E-state index in [1.807, 2.05) is 84.9 Å². The molecule has 0 aliphatic heterocycles. The first-order valence-corrected chi connectivity index (χ1v) is 21.4. The fourth-order valence-corrected chi connectivity index (χ4v) is 9.52. The highest BCUT2D eigenvalue weighted by Crippen LogP contribution is 2.51. The van der Waals surface area contributed by atoms with E-state index in [4.69, 9.17) is 15.0 Å². The van der Waals surface area contributed by atoms with Gasteiger partial charge in [0, 0.05) is 43.8 Å². The van der Waals surface area contributed by atoms with Crippen molar-refractivity contribution in [2.24, 2.45) is 0 Å². The Labute approximate surface area is 369 Å². The van der Waals surface area contributed by atoms with Crippen molar-refractivity contribution in [3.8, 4) is 73.9 Å². The first kappa shape index (κ1) is 36.9. The maximum Gasteiger partial charge on any atom is 0.166 e. The smallest absolute Gasteiger partial charge is 0.166 e. The quantitative estimate of drug-likeness (QED) is 0.161. The molecule has 12 aromatic rings. The predicted molar refractivity (Wildman–Crippen MR) is 260 cm³/mol. The van der Waals surface area contributed by atoms with Gasteiger partial charge in [-0.05, 0) is 35.4 Å². The summed E-state index contributed by atoms with van der Waals surface area (Å²) < 4.78 is 4.68. The summed E-state index contributed by atoms with van der Waals surface area (Å²) in [7, 11) is 0. The molecule has 0 fully saturated rings. The van der Waals surface area contributed by atoms with Gasteiger partial charge in [-0.3, -0.25) is 0 Å². The summed E-state index contributed by atoms with van der Waals surface area (Å²) in [5.41, 5.74) is 12.0. The predicted octanol–water partition coefficient (Wildman–Crippen LogP) is 14.3. The van der Waals surface area contributed by atoms with Crippen LogP contribution >= 0.6 is 0 Å². The molecule has 12 rings (SSSR count). The molecule has 0 spiro atoms. The molecule has 0 saturated carbocycles. The monoisotopic (exact) mass is 816 g/mol. The molecular formula is C58H36N6. The third-order valence-electron chi connectivity index (χ3n) is 12.2. The number of nitriles is 1. The highest BCUT2D eigenvalue weighted by molar-refractivity contribution is 6.14. The van der Waals surface area contributed by atoms with Crippen molar-refractivity contribution < 1.29 is 0 Å². The van der Waals surface area contributed by atoms with Crippen LogP contribution in [-0.4, -0.2) is 24.1 Å². The van der Waals surface area contributed by atoms with Gasteiger partial charge in [0.1, 0.15) is 6.07 Å². The molecule has 0 aliphatic carbocycles. The molecule has 9 aromatic carbocycles. The Balaban J connectivity index is 1.39. The van der Waals surface area contributed by atoms with Gasteiger partial charge in [-0.25, -0.2) is 15.0 Å². The minimum absolute atomic E-state index is 0.450. The summed E-state index contributed by atoms with van der Waals surface area (Å²) in [6, 6.07) is 77.8. The lowest BCUT2D eigenvalue weighted by Gasteiger charge is -2.27. The Bertz CT molecular complexity index is 3610. The zero-order valence-corrected chi connectivity index (χ0v) is 34.5. The molecule has 0 atom stereocenters. The highest BCUT2D eigenvalue weighted by atomic mass is 15.1. The van der Waals surface area contributed by atoms with E-state index in [0.29, 0.717) is 23.0 Å². The summed E-state index contributed by atoms with van der Waals surface area (Å²) >= 11 is 0. The van der Waals surface area contributed by atoms with Crippen LogP contribution in [0.4, 0.5) is 0 Å². The van der Waals surface area contributed by atoms with Crippen molar-refractivity contribution >= 4 is 43.6 Å². The van der Waals surface area contributed by atoms with E-state index in [1.54, 1.807) is 0 Å². The molecule has 0 N–H and O–H groups in total. The molecule has 0 unspecified atom stereocenters. The first-order valence-electron chi connectivity index (χ1n) is 21.4. The molecule has 6 nitrogen and oxygen atoms in total. The van der Waals surface area contributed by atoms with Crippen molar-refractivity contribution in [3.63, 3.8) is 0 Å². The van der Waals surface area contributed by atoms with Gasteiger partial charge in [-0.15, -0.1) is 0 Å². The van der Waals surface area contributed by atoms with Crippen molar-refractivity contribution in [1.82, 2.24) is 24.1 Å². The third kappa shape index (κ3) is 5.83. The summed E-state index contributed by atoms with van der Waals surface area (Å²) in [5.74, 6) is 1.51. The number of benzene rings is 9. The molecule has 64 heavy (non-hydrogen) atoms. The summed E-state index contributed by atoms with van der Waals surface area (Å²) in [5, 5.41) is 16.5. The van der Waals surface area contributed by atoms with Crippen LogP contribution in [0.25, 0.3) is 111 Å². The Morgan fingerprint density at radius 2 is 0.609 bits per heavy atom. The molecule has 0 bridgehead atoms. The fourth-order valence-electron chi connectivity index (χ4n) is 9.52. The van der Waals surface area contributed by atoms with Crippen molar-refractivity contribution in [2.75, 3.05) is 0 Å². The van der Waals surface area contributed by atoms with Crippen molar-refractivity contribution in [1.29, 1.82) is 5.26 Å². The maximum absolute atomic E-state index is 12.1. The standard InChI is InChI=1S/C58H36N6/c59-37-46-51(38-21-5-1-6-22-38)53(58-61-56(40-25-9-3-10-26-40)60-57(62-58)41-27-11-4-12-28-41)55(64-49-35-19-15-31-44(49)45-32-16-20-36-50(45)64)52(39-23-7-2-8-24-39)54(46)63-47-33-17-13-29-42(47)43-30-14-18-34-48(43)63/h1-36H. The second-order valence-corrected chi connectivity index (χ2v) is 15.8. The average Bonchev–Trinajstić information content (AvgIpc) is 3.89. The van der Waals surface area contributed by atoms with E-state index in [0.717, 1.165) is 93.9 Å². The first-order chi connectivity index (χ1) is 31.8. The molecule has 0 saturated heterocycles. The number of para-hydroxylation sites is 4. The molecule has 298 valence electrons. The van der Waals surface area contributed by atoms with Crippen LogP contribution in [0.2, 0.25) is 0 Å². The number of fused-ring (bicyclic) bond motifs is 6. The van der Waals surface area contributed by atoms with Crippen LogP contribution in [0, 0.1) is 11.3 Å². The fraction of sp³-hybridized carbons (Fsp3) is 0. The Morgan fingerprint density at radius 1 is 0.297 bits per heavy atom. The highest BCUT2D eigenvalue weighted by Gasteiger charge is 2.33. The zero-order valence-electron chi connectivity index (χ0n) is 34.5. The lowest BCUT2D eigenvalue weighted by molar-refractivity contribution is 1.06. The largest absolute Gasteiger partial charge is 0.308 e. The second-order valence-electron chi connectivity index (χ2n) is 15.8. The van der Waals surface area contributed by atoms with Gasteiger partial charge >= 0.3 is 0 Å². The molecule has 0 amide bonds. The Hall–Kier alpha value is -8.92. The molecule has 6 heteroatoms. The SMILES string of the molecule is N#Cc1c(-c2ccccc2)c(-c2nc(-c3ccccc3)nc(-c3ccccc3)n2)c(-n2c3ccccc3c3ccccc32)c(-c2ccccc2)c1-n1c2ccccc2c2ccccc21. The number of hydrogen-bond acceptors (Lipinski definition) is 4. The summed E-state index contributed by atoms with van der Waals surface area (Å²) in [6.07, 6.45) is 0. The Kier molecular flexibility index (Phi) is 8.77. The van der Waals surface area contributed by atoms with E-state index in [2.05, 4.69) is 149 Å². The van der Waals surface area contributed by atoms with Crippen LogP contribution in [0.1, 0.15) is 5.56 Å². The maximum atomic E-state index is 12.1. The zero-order chi connectivity index (χ0) is 42.6. The van der Waals surface area contributed by atoms with E-state index in [9.17, 15) is 5.26 Å². The molecular weight excluding hydrogens is 781 g/mol. The van der Waals surface area contributed by atoms with Crippen molar-refractivity contribution in [3.05, 3.63) is 224 Å².